The van der Waals surface area contributed by atoms with E-state index in [9.17, 15) is 4.79 Å². The van der Waals surface area contributed by atoms with E-state index in [-0.39, 0.29) is 12.1 Å². The van der Waals surface area contributed by atoms with Gasteiger partial charge in [0.25, 0.3) is 0 Å². The van der Waals surface area contributed by atoms with Gasteiger partial charge in [0.15, 0.2) is 0 Å². The smallest absolute Gasteiger partial charge is 0.338 e. The Morgan fingerprint density at radius 2 is 1.38 bits per heavy atom. The van der Waals surface area contributed by atoms with E-state index in [4.69, 9.17) is 9.47 Å². The van der Waals surface area contributed by atoms with Crippen LogP contribution in [0.3, 0.4) is 0 Å². The van der Waals surface area contributed by atoms with Gasteiger partial charge in [-0.1, -0.05) is 113 Å². The van der Waals surface area contributed by atoms with Crippen LogP contribution in [0.15, 0.2) is 78.9 Å². The molecule has 1 saturated carbocycles. The summed E-state index contributed by atoms with van der Waals surface area (Å²) in [6, 6.07) is 26.2. The maximum Gasteiger partial charge on any atom is 0.338 e. The van der Waals surface area contributed by atoms with Crippen LogP contribution in [0.4, 0.5) is 0 Å². The van der Waals surface area contributed by atoms with Crippen molar-refractivity contribution < 1.29 is 14.3 Å². The molecule has 1 unspecified atom stereocenters. The van der Waals surface area contributed by atoms with E-state index in [1.165, 1.54) is 51.4 Å². The average Bonchev–Trinajstić information content (AvgIpc) is 2.96. The summed E-state index contributed by atoms with van der Waals surface area (Å²) in [6.07, 6.45) is 13.3. The second-order valence-electron chi connectivity index (χ2n) is 10.4. The Morgan fingerprint density at radius 3 is 2.05 bits per heavy atom. The number of hydrogen-bond acceptors (Lipinski definition) is 3. The molecule has 3 heteroatoms. The zero-order valence-electron chi connectivity index (χ0n) is 22.4. The number of rotatable bonds is 13. The number of carbonyl (C=O) groups is 1. The SMILES string of the molecule is CCCCCCCCOc1ccc(-c2ccc(C(=O)OC(c3ccccc3)C3CCCCC3)cc2)cc1. The molecule has 0 bridgehead atoms. The van der Waals surface area contributed by atoms with Crippen molar-refractivity contribution in [1.29, 1.82) is 0 Å². The number of hydrogen-bond donors (Lipinski definition) is 0. The first kappa shape index (κ1) is 27.0. The number of carbonyl (C=O) groups excluding carboxylic acids is 1. The van der Waals surface area contributed by atoms with Gasteiger partial charge in [0, 0.05) is 5.92 Å². The zero-order chi connectivity index (χ0) is 25.7. The van der Waals surface area contributed by atoms with Gasteiger partial charge < -0.3 is 9.47 Å². The first-order chi connectivity index (χ1) is 18.2. The topological polar surface area (TPSA) is 35.5 Å². The van der Waals surface area contributed by atoms with E-state index in [0.29, 0.717) is 11.5 Å². The Morgan fingerprint density at radius 1 is 0.757 bits per heavy atom. The lowest BCUT2D eigenvalue weighted by atomic mass is 9.82. The summed E-state index contributed by atoms with van der Waals surface area (Å²) in [7, 11) is 0. The maximum atomic E-state index is 13.1. The first-order valence-electron chi connectivity index (χ1n) is 14.3. The monoisotopic (exact) mass is 498 g/mol. The summed E-state index contributed by atoms with van der Waals surface area (Å²) in [4.78, 5) is 13.1. The highest BCUT2D eigenvalue weighted by Gasteiger charge is 2.28. The minimum absolute atomic E-state index is 0.183. The molecule has 3 nitrogen and oxygen atoms in total. The Balaban J connectivity index is 1.32. The molecule has 0 spiro atoms. The highest BCUT2D eigenvalue weighted by molar-refractivity contribution is 5.90. The van der Waals surface area contributed by atoms with Crippen LogP contribution >= 0.6 is 0 Å². The summed E-state index contributed by atoms with van der Waals surface area (Å²) in [5, 5.41) is 0. The Kier molecular flexibility index (Phi) is 10.7. The zero-order valence-corrected chi connectivity index (χ0v) is 22.4. The second kappa shape index (κ2) is 14.6. The van der Waals surface area contributed by atoms with E-state index in [0.717, 1.165) is 48.3 Å². The Labute approximate surface area is 223 Å². The largest absolute Gasteiger partial charge is 0.494 e. The number of ether oxygens (including phenoxy) is 2. The number of benzene rings is 3. The molecule has 0 saturated heterocycles. The minimum atomic E-state index is -0.246. The molecule has 0 heterocycles. The van der Waals surface area contributed by atoms with Gasteiger partial charge in [0.2, 0.25) is 0 Å². The van der Waals surface area contributed by atoms with Crippen molar-refractivity contribution in [2.75, 3.05) is 6.61 Å². The molecule has 0 aliphatic heterocycles. The minimum Gasteiger partial charge on any atom is -0.494 e. The fraction of sp³-hybridized carbons (Fsp3) is 0.441. The van der Waals surface area contributed by atoms with Gasteiger partial charge in [0.1, 0.15) is 11.9 Å². The van der Waals surface area contributed by atoms with E-state index in [2.05, 4.69) is 31.2 Å². The van der Waals surface area contributed by atoms with Crippen LogP contribution in [0.25, 0.3) is 11.1 Å². The van der Waals surface area contributed by atoms with E-state index < -0.39 is 0 Å². The van der Waals surface area contributed by atoms with Gasteiger partial charge in [-0.05, 0) is 60.2 Å². The van der Waals surface area contributed by atoms with Gasteiger partial charge in [-0.3, -0.25) is 0 Å². The molecule has 1 fully saturated rings. The van der Waals surface area contributed by atoms with Crippen molar-refractivity contribution in [2.45, 2.75) is 83.7 Å². The van der Waals surface area contributed by atoms with Crippen molar-refractivity contribution in [2.24, 2.45) is 5.92 Å². The Hall–Kier alpha value is -3.07. The summed E-state index contributed by atoms with van der Waals surface area (Å²) < 4.78 is 12.1. The van der Waals surface area contributed by atoms with Gasteiger partial charge in [0.05, 0.1) is 12.2 Å². The third-order valence-corrected chi connectivity index (χ3v) is 7.51. The quantitative estimate of drug-likeness (QED) is 0.174. The third-order valence-electron chi connectivity index (χ3n) is 7.51. The predicted molar refractivity (Wildman–Crippen MR) is 152 cm³/mol. The molecule has 1 atom stereocenters. The molecule has 1 aliphatic carbocycles. The van der Waals surface area contributed by atoms with Gasteiger partial charge in [-0.25, -0.2) is 4.79 Å². The van der Waals surface area contributed by atoms with Crippen LogP contribution in [0.1, 0.15) is 99.6 Å². The van der Waals surface area contributed by atoms with Crippen molar-refractivity contribution in [1.82, 2.24) is 0 Å². The van der Waals surface area contributed by atoms with Crippen molar-refractivity contribution >= 4 is 5.97 Å². The van der Waals surface area contributed by atoms with Crippen LogP contribution in [0.5, 0.6) is 5.75 Å². The van der Waals surface area contributed by atoms with Crippen LogP contribution < -0.4 is 4.74 Å². The van der Waals surface area contributed by atoms with E-state index in [1.54, 1.807) is 0 Å². The maximum absolute atomic E-state index is 13.1. The highest BCUT2D eigenvalue weighted by atomic mass is 16.5. The fourth-order valence-electron chi connectivity index (χ4n) is 5.31. The number of unbranched alkanes of at least 4 members (excludes halogenated alkanes) is 5. The summed E-state index contributed by atoms with van der Waals surface area (Å²) >= 11 is 0. The summed E-state index contributed by atoms with van der Waals surface area (Å²) in [5.41, 5.74) is 3.87. The Bertz CT molecular complexity index is 1050. The predicted octanol–water partition coefficient (Wildman–Crippen LogP) is 9.57. The van der Waals surface area contributed by atoms with Crippen LogP contribution in [-0.2, 0) is 4.74 Å². The number of esters is 1. The van der Waals surface area contributed by atoms with Crippen LogP contribution in [0, 0.1) is 5.92 Å². The van der Waals surface area contributed by atoms with Crippen molar-refractivity contribution in [3.05, 3.63) is 90.0 Å². The summed E-state index contributed by atoms with van der Waals surface area (Å²) in [5.74, 6) is 1.05. The summed E-state index contributed by atoms with van der Waals surface area (Å²) in [6.45, 7) is 3.02. The van der Waals surface area contributed by atoms with Gasteiger partial charge in [-0.15, -0.1) is 0 Å². The van der Waals surface area contributed by atoms with Crippen molar-refractivity contribution in [3.63, 3.8) is 0 Å². The van der Waals surface area contributed by atoms with Gasteiger partial charge in [-0.2, -0.15) is 0 Å². The molecule has 0 radical (unpaired) electrons. The molecular weight excluding hydrogens is 456 g/mol. The van der Waals surface area contributed by atoms with Crippen LogP contribution in [0.2, 0.25) is 0 Å². The average molecular weight is 499 g/mol. The van der Waals surface area contributed by atoms with E-state index >= 15 is 0 Å². The molecular formula is C34H42O3. The lowest BCUT2D eigenvalue weighted by molar-refractivity contribution is 0.00669. The third kappa shape index (κ3) is 8.21. The molecule has 1 aliphatic rings. The molecule has 3 aromatic rings. The molecule has 0 aromatic heterocycles. The molecule has 4 rings (SSSR count). The standard InChI is InChI=1S/C34H42O3/c1-2-3-4-5-6-13-26-36-32-24-22-28(23-25-32)27-18-20-31(21-19-27)34(35)37-33(29-14-9-7-10-15-29)30-16-11-8-12-17-30/h7,9-10,14-15,18-25,30,33H,2-6,8,11-13,16-17,26H2,1H3. The van der Waals surface area contributed by atoms with Crippen LogP contribution in [-0.4, -0.2) is 12.6 Å². The normalized spacial score (nSPS) is 14.7. The lowest BCUT2D eigenvalue weighted by Crippen LogP contribution is -2.22. The molecule has 3 aromatic carbocycles. The highest BCUT2D eigenvalue weighted by Crippen LogP contribution is 2.37. The molecule has 196 valence electrons. The van der Waals surface area contributed by atoms with Crippen molar-refractivity contribution in [3.8, 4) is 16.9 Å². The second-order valence-corrected chi connectivity index (χ2v) is 10.4. The molecule has 37 heavy (non-hydrogen) atoms. The fourth-order valence-corrected chi connectivity index (χ4v) is 5.31. The molecule has 0 N–H and O–H groups in total. The van der Waals surface area contributed by atoms with Gasteiger partial charge >= 0.3 is 5.97 Å². The van der Waals surface area contributed by atoms with E-state index in [1.807, 2.05) is 54.6 Å². The molecule has 0 amide bonds. The first-order valence-corrected chi connectivity index (χ1v) is 14.3. The lowest BCUT2D eigenvalue weighted by Gasteiger charge is -2.30.